The second-order valence-electron chi connectivity index (χ2n) is 4.09. The molecule has 3 heteroatoms. The number of hydrogen-bond donors (Lipinski definition) is 2. The minimum absolute atomic E-state index is 0.0774. The number of aromatic nitrogens is 1. The first-order chi connectivity index (χ1) is 6.01. The number of nitrogens with zero attached hydrogens (tertiary/aromatic N) is 1. The van der Waals surface area contributed by atoms with Crippen LogP contribution in [0.25, 0.3) is 0 Å². The average molecular weight is 179 g/mol. The monoisotopic (exact) mass is 179 g/mol. The summed E-state index contributed by atoms with van der Waals surface area (Å²) < 4.78 is 0. The van der Waals surface area contributed by atoms with Gasteiger partial charge >= 0.3 is 0 Å². The second-order valence-corrected chi connectivity index (χ2v) is 4.09. The third-order valence-corrected chi connectivity index (χ3v) is 1.55. The standard InChI is InChI=1S/C10H17N3/c1-10(2,3)13-9-5-8(11-4)6-12-7-9/h5-7,11,13H,1-4H3. The van der Waals surface area contributed by atoms with Gasteiger partial charge in [0, 0.05) is 12.6 Å². The van der Waals surface area contributed by atoms with Crippen LogP contribution in [0.2, 0.25) is 0 Å². The van der Waals surface area contributed by atoms with Crippen molar-refractivity contribution < 1.29 is 0 Å². The fourth-order valence-electron chi connectivity index (χ4n) is 1.08. The smallest absolute Gasteiger partial charge is 0.0551 e. The third kappa shape index (κ3) is 3.32. The Morgan fingerprint density at radius 1 is 1.15 bits per heavy atom. The second kappa shape index (κ2) is 3.64. The van der Waals surface area contributed by atoms with E-state index in [1.165, 1.54) is 0 Å². The minimum atomic E-state index is 0.0774. The highest BCUT2D eigenvalue weighted by Gasteiger charge is 2.08. The normalized spacial score (nSPS) is 11.1. The number of rotatable bonds is 2. The molecule has 0 atom stereocenters. The molecule has 1 rings (SSSR count). The lowest BCUT2D eigenvalue weighted by Crippen LogP contribution is -2.26. The van der Waals surface area contributed by atoms with E-state index in [1.807, 2.05) is 19.3 Å². The van der Waals surface area contributed by atoms with Crippen LogP contribution in [0.5, 0.6) is 0 Å². The Morgan fingerprint density at radius 3 is 2.31 bits per heavy atom. The summed E-state index contributed by atoms with van der Waals surface area (Å²) in [6.07, 6.45) is 3.62. The predicted octanol–water partition coefficient (Wildman–Crippen LogP) is 2.33. The Bertz CT molecular complexity index is 276. The molecular formula is C10H17N3. The molecule has 13 heavy (non-hydrogen) atoms. The van der Waals surface area contributed by atoms with Crippen LogP contribution in [-0.2, 0) is 0 Å². The molecule has 0 aromatic carbocycles. The molecule has 0 fully saturated rings. The number of anilines is 2. The molecule has 0 saturated heterocycles. The fraction of sp³-hybridized carbons (Fsp3) is 0.500. The molecule has 0 radical (unpaired) electrons. The maximum absolute atomic E-state index is 4.11. The van der Waals surface area contributed by atoms with Crippen LogP contribution in [0.15, 0.2) is 18.5 Å². The molecule has 2 N–H and O–H groups in total. The summed E-state index contributed by atoms with van der Waals surface area (Å²) in [7, 11) is 1.89. The molecule has 1 aromatic heterocycles. The van der Waals surface area contributed by atoms with E-state index < -0.39 is 0 Å². The molecule has 3 nitrogen and oxygen atoms in total. The Labute approximate surface area is 79.6 Å². The summed E-state index contributed by atoms with van der Waals surface area (Å²) in [5.41, 5.74) is 2.14. The molecule has 0 saturated carbocycles. The van der Waals surface area contributed by atoms with E-state index in [9.17, 15) is 0 Å². The average Bonchev–Trinajstić information content (AvgIpc) is 2.01. The SMILES string of the molecule is CNc1cncc(NC(C)(C)C)c1. The summed E-state index contributed by atoms with van der Waals surface area (Å²) in [6, 6.07) is 2.04. The van der Waals surface area contributed by atoms with Crippen molar-refractivity contribution in [2.45, 2.75) is 26.3 Å². The molecule has 1 aromatic rings. The molecule has 0 aliphatic rings. The van der Waals surface area contributed by atoms with Gasteiger partial charge in [0.05, 0.1) is 23.8 Å². The van der Waals surface area contributed by atoms with Gasteiger partial charge in [-0.25, -0.2) is 0 Å². The van der Waals surface area contributed by atoms with Gasteiger partial charge in [-0.05, 0) is 26.8 Å². The molecule has 0 bridgehead atoms. The Kier molecular flexibility index (Phi) is 2.76. The molecule has 0 spiro atoms. The van der Waals surface area contributed by atoms with Crippen molar-refractivity contribution >= 4 is 11.4 Å². The van der Waals surface area contributed by atoms with Gasteiger partial charge in [0.2, 0.25) is 0 Å². The van der Waals surface area contributed by atoms with Crippen molar-refractivity contribution in [3.8, 4) is 0 Å². The predicted molar refractivity (Wildman–Crippen MR) is 57.2 cm³/mol. The lowest BCUT2D eigenvalue weighted by atomic mass is 10.1. The van der Waals surface area contributed by atoms with Gasteiger partial charge in [0.15, 0.2) is 0 Å². The Hall–Kier alpha value is -1.25. The van der Waals surface area contributed by atoms with Crippen LogP contribution in [0.1, 0.15) is 20.8 Å². The lowest BCUT2D eigenvalue weighted by molar-refractivity contribution is 0.633. The highest BCUT2D eigenvalue weighted by Crippen LogP contribution is 2.16. The number of hydrogen-bond acceptors (Lipinski definition) is 3. The number of nitrogens with one attached hydrogen (secondary N) is 2. The van der Waals surface area contributed by atoms with Crippen LogP contribution in [-0.4, -0.2) is 17.6 Å². The van der Waals surface area contributed by atoms with Gasteiger partial charge in [-0.3, -0.25) is 4.98 Å². The fourth-order valence-corrected chi connectivity index (χ4v) is 1.08. The van der Waals surface area contributed by atoms with E-state index in [1.54, 1.807) is 6.20 Å². The first-order valence-electron chi connectivity index (χ1n) is 4.42. The van der Waals surface area contributed by atoms with Gasteiger partial charge in [-0.2, -0.15) is 0 Å². The van der Waals surface area contributed by atoms with Crippen molar-refractivity contribution in [1.82, 2.24) is 4.98 Å². The first kappa shape index (κ1) is 9.84. The van der Waals surface area contributed by atoms with Gasteiger partial charge in [0.25, 0.3) is 0 Å². The number of pyridine rings is 1. The van der Waals surface area contributed by atoms with Crippen molar-refractivity contribution in [2.75, 3.05) is 17.7 Å². The van der Waals surface area contributed by atoms with Crippen molar-refractivity contribution in [3.63, 3.8) is 0 Å². The molecule has 1 heterocycles. The van der Waals surface area contributed by atoms with E-state index >= 15 is 0 Å². The molecule has 0 aliphatic carbocycles. The minimum Gasteiger partial charge on any atom is -0.387 e. The Balaban J connectivity index is 2.78. The van der Waals surface area contributed by atoms with Crippen molar-refractivity contribution in [1.29, 1.82) is 0 Å². The zero-order valence-corrected chi connectivity index (χ0v) is 8.68. The van der Waals surface area contributed by atoms with Gasteiger partial charge in [0.1, 0.15) is 0 Å². The molecule has 0 aliphatic heterocycles. The lowest BCUT2D eigenvalue weighted by Gasteiger charge is -2.22. The van der Waals surface area contributed by atoms with E-state index in [0.717, 1.165) is 11.4 Å². The summed E-state index contributed by atoms with van der Waals surface area (Å²) in [6.45, 7) is 6.37. The molecule has 72 valence electrons. The van der Waals surface area contributed by atoms with E-state index in [-0.39, 0.29) is 5.54 Å². The first-order valence-corrected chi connectivity index (χ1v) is 4.42. The largest absolute Gasteiger partial charge is 0.387 e. The van der Waals surface area contributed by atoms with E-state index in [0.29, 0.717) is 0 Å². The highest BCUT2D eigenvalue weighted by molar-refractivity contribution is 5.54. The summed E-state index contributed by atoms with van der Waals surface area (Å²) in [5.74, 6) is 0. The zero-order valence-electron chi connectivity index (χ0n) is 8.68. The molecule has 0 amide bonds. The topological polar surface area (TPSA) is 37.0 Å². The van der Waals surface area contributed by atoms with E-state index in [2.05, 4.69) is 36.4 Å². The summed E-state index contributed by atoms with van der Waals surface area (Å²) >= 11 is 0. The highest BCUT2D eigenvalue weighted by atomic mass is 15.0. The molecule has 0 unspecified atom stereocenters. The third-order valence-electron chi connectivity index (χ3n) is 1.55. The summed E-state index contributed by atoms with van der Waals surface area (Å²) in [5, 5.41) is 6.40. The van der Waals surface area contributed by atoms with Crippen molar-refractivity contribution in [2.24, 2.45) is 0 Å². The maximum atomic E-state index is 4.11. The van der Waals surface area contributed by atoms with Crippen LogP contribution in [0.4, 0.5) is 11.4 Å². The zero-order chi connectivity index (χ0) is 9.90. The van der Waals surface area contributed by atoms with Gasteiger partial charge in [-0.1, -0.05) is 0 Å². The van der Waals surface area contributed by atoms with Gasteiger partial charge in [-0.15, -0.1) is 0 Å². The Morgan fingerprint density at radius 2 is 1.77 bits per heavy atom. The van der Waals surface area contributed by atoms with Crippen LogP contribution < -0.4 is 10.6 Å². The summed E-state index contributed by atoms with van der Waals surface area (Å²) in [4.78, 5) is 4.11. The van der Waals surface area contributed by atoms with Gasteiger partial charge < -0.3 is 10.6 Å². The van der Waals surface area contributed by atoms with Crippen LogP contribution in [0, 0.1) is 0 Å². The van der Waals surface area contributed by atoms with Crippen LogP contribution in [0.3, 0.4) is 0 Å². The molecular weight excluding hydrogens is 162 g/mol. The van der Waals surface area contributed by atoms with E-state index in [4.69, 9.17) is 0 Å². The van der Waals surface area contributed by atoms with Crippen LogP contribution >= 0.6 is 0 Å². The van der Waals surface area contributed by atoms with Crippen molar-refractivity contribution in [3.05, 3.63) is 18.5 Å². The maximum Gasteiger partial charge on any atom is 0.0551 e. The quantitative estimate of drug-likeness (QED) is 0.731.